The van der Waals surface area contributed by atoms with Crippen LogP contribution in [0.4, 0.5) is 4.39 Å². The fraction of sp³-hybridized carbons (Fsp3) is 0.538. The van der Waals surface area contributed by atoms with E-state index in [0.29, 0.717) is 0 Å². The molecule has 78 valence electrons. The Bertz CT molecular complexity index is 311. The highest BCUT2D eigenvalue weighted by atomic mass is 19.1. The molecule has 0 nitrogen and oxygen atoms in total. The summed E-state index contributed by atoms with van der Waals surface area (Å²) in [4.78, 5) is 0. The van der Waals surface area contributed by atoms with E-state index in [0.717, 1.165) is 24.0 Å². The highest BCUT2D eigenvalue weighted by molar-refractivity contribution is 5.33. The van der Waals surface area contributed by atoms with Gasteiger partial charge in [-0.25, -0.2) is 4.39 Å². The Labute approximate surface area is 86.2 Å². The highest BCUT2D eigenvalue weighted by Crippen LogP contribution is 2.48. The number of aryl methyl sites for hydroxylation is 1. The quantitative estimate of drug-likeness (QED) is 0.628. The molecule has 0 heterocycles. The lowest BCUT2D eigenvalue weighted by molar-refractivity contribution is 0.585. The van der Waals surface area contributed by atoms with Gasteiger partial charge in [-0.1, -0.05) is 32.9 Å². The van der Waals surface area contributed by atoms with Crippen LogP contribution in [0.5, 0.6) is 0 Å². The fourth-order valence-electron chi connectivity index (χ4n) is 1.57. The minimum atomic E-state index is -0.0324. The first kappa shape index (κ1) is 11.2. The predicted molar refractivity (Wildman–Crippen MR) is 59.1 cm³/mol. The highest BCUT2D eigenvalue weighted by Gasteiger charge is 2.40. The van der Waals surface area contributed by atoms with Crippen molar-refractivity contribution in [1.29, 1.82) is 0 Å². The molecule has 1 fully saturated rings. The van der Waals surface area contributed by atoms with E-state index < -0.39 is 0 Å². The van der Waals surface area contributed by atoms with E-state index in [1.165, 1.54) is 0 Å². The van der Waals surface area contributed by atoms with E-state index in [2.05, 4.69) is 6.92 Å². The molecule has 1 aromatic carbocycles. The molecule has 0 radical (unpaired) electrons. The second-order valence-corrected chi connectivity index (χ2v) is 4.04. The third kappa shape index (κ3) is 2.14. The molecule has 14 heavy (non-hydrogen) atoms. The van der Waals surface area contributed by atoms with Gasteiger partial charge in [-0.15, -0.1) is 0 Å². The molecule has 0 spiro atoms. The molecular formula is C13H19F. The molecule has 1 aliphatic rings. The van der Waals surface area contributed by atoms with Gasteiger partial charge in [0, 0.05) is 0 Å². The molecule has 1 aromatic rings. The maximum Gasteiger partial charge on any atom is 0.127 e. The first-order valence-electron chi connectivity index (χ1n) is 5.38. The van der Waals surface area contributed by atoms with Crippen molar-refractivity contribution in [3.8, 4) is 0 Å². The average molecular weight is 194 g/mol. The van der Waals surface area contributed by atoms with E-state index in [-0.39, 0.29) is 11.2 Å². The van der Waals surface area contributed by atoms with Gasteiger partial charge >= 0.3 is 0 Å². The molecule has 0 amide bonds. The van der Waals surface area contributed by atoms with Crippen LogP contribution in [0.2, 0.25) is 0 Å². The lowest BCUT2D eigenvalue weighted by Crippen LogP contribution is -2.03. The van der Waals surface area contributed by atoms with Crippen LogP contribution in [0.15, 0.2) is 18.2 Å². The van der Waals surface area contributed by atoms with Crippen molar-refractivity contribution in [2.24, 2.45) is 0 Å². The standard InChI is InChI=1S/C11H13F.C2H6/c1-8-3-4-9(10(12)7-8)11(2)5-6-11;1-2/h3-4,7H,5-6H2,1-2H3;1-2H3. The van der Waals surface area contributed by atoms with Crippen molar-refractivity contribution in [3.05, 3.63) is 35.1 Å². The normalized spacial score (nSPS) is 16.9. The molecule has 0 saturated heterocycles. The van der Waals surface area contributed by atoms with Crippen molar-refractivity contribution in [3.63, 3.8) is 0 Å². The largest absolute Gasteiger partial charge is 0.207 e. The van der Waals surface area contributed by atoms with Gasteiger partial charge in [-0.2, -0.15) is 0 Å². The lowest BCUT2D eigenvalue weighted by Gasteiger charge is -2.09. The van der Waals surface area contributed by atoms with Gasteiger partial charge in [-0.3, -0.25) is 0 Å². The van der Waals surface area contributed by atoms with Gasteiger partial charge in [0.2, 0.25) is 0 Å². The Balaban J connectivity index is 0.000000461. The number of hydrogen-bond acceptors (Lipinski definition) is 0. The van der Waals surface area contributed by atoms with Crippen molar-refractivity contribution in [1.82, 2.24) is 0 Å². The summed E-state index contributed by atoms with van der Waals surface area (Å²) in [6, 6.07) is 5.54. The molecule has 0 bridgehead atoms. The third-order valence-corrected chi connectivity index (χ3v) is 2.77. The molecule has 0 aromatic heterocycles. The molecule has 0 aliphatic heterocycles. The predicted octanol–water partition coefficient (Wildman–Crippen LogP) is 4.21. The molecule has 1 aliphatic carbocycles. The van der Waals surface area contributed by atoms with E-state index in [1.54, 1.807) is 6.07 Å². The van der Waals surface area contributed by atoms with Gasteiger partial charge in [-0.05, 0) is 42.4 Å². The van der Waals surface area contributed by atoms with E-state index >= 15 is 0 Å². The van der Waals surface area contributed by atoms with E-state index in [1.807, 2.05) is 32.9 Å². The number of benzene rings is 1. The zero-order valence-corrected chi connectivity index (χ0v) is 9.52. The lowest BCUT2D eigenvalue weighted by atomic mass is 9.97. The maximum absolute atomic E-state index is 13.4. The zero-order valence-electron chi connectivity index (χ0n) is 9.52. The van der Waals surface area contributed by atoms with Crippen LogP contribution in [0, 0.1) is 12.7 Å². The van der Waals surface area contributed by atoms with E-state index in [9.17, 15) is 4.39 Å². The monoisotopic (exact) mass is 194 g/mol. The van der Waals surface area contributed by atoms with Crippen molar-refractivity contribution in [2.45, 2.75) is 46.0 Å². The fourth-order valence-corrected chi connectivity index (χ4v) is 1.57. The summed E-state index contributed by atoms with van der Waals surface area (Å²) in [5.74, 6) is -0.0324. The molecule has 1 saturated carbocycles. The zero-order chi connectivity index (χ0) is 10.8. The van der Waals surface area contributed by atoms with Crippen molar-refractivity contribution < 1.29 is 4.39 Å². The number of hydrogen-bond donors (Lipinski definition) is 0. The number of rotatable bonds is 1. The Hall–Kier alpha value is -0.850. The van der Waals surface area contributed by atoms with Crippen LogP contribution in [0.3, 0.4) is 0 Å². The second-order valence-electron chi connectivity index (χ2n) is 4.04. The minimum Gasteiger partial charge on any atom is -0.207 e. The molecule has 0 atom stereocenters. The number of halogens is 1. The maximum atomic E-state index is 13.4. The van der Waals surface area contributed by atoms with Crippen LogP contribution in [-0.2, 0) is 5.41 Å². The molecule has 0 N–H and O–H groups in total. The first-order chi connectivity index (χ1) is 6.62. The van der Waals surface area contributed by atoms with Crippen molar-refractivity contribution >= 4 is 0 Å². The van der Waals surface area contributed by atoms with Crippen molar-refractivity contribution in [2.75, 3.05) is 0 Å². The Morgan fingerprint density at radius 1 is 1.21 bits per heavy atom. The van der Waals surface area contributed by atoms with Crippen LogP contribution < -0.4 is 0 Å². The topological polar surface area (TPSA) is 0 Å². The van der Waals surface area contributed by atoms with Gasteiger partial charge < -0.3 is 0 Å². The van der Waals surface area contributed by atoms with Crippen LogP contribution in [0.1, 0.15) is 44.7 Å². The summed E-state index contributed by atoms with van der Waals surface area (Å²) < 4.78 is 13.4. The molecule has 0 unspecified atom stereocenters. The van der Waals surface area contributed by atoms with Gasteiger partial charge in [0.05, 0.1) is 0 Å². The van der Waals surface area contributed by atoms with E-state index in [4.69, 9.17) is 0 Å². The summed E-state index contributed by atoms with van der Waals surface area (Å²) >= 11 is 0. The summed E-state index contributed by atoms with van der Waals surface area (Å²) in [7, 11) is 0. The van der Waals surface area contributed by atoms with Gasteiger partial charge in [0.1, 0.15) is 5.82 Å². The second kappa shape index (κ2) is 4.12. The summed E-state index contributed by atoms with van der Waals surface area (Å²) in [6.45, 7) is 8.04. The minimum absolute atomic E-state index is 0.0324. The SMILES string of the molecule is CC.Cc1ccc(C2(C)CC2)c(F)c1. The first-order valence-corrected chi connectivity index (χ1v) is 5.38. The molecule has 2 rings (SSSR count). The van der Waals surface area contributed by atoms with Crippen LogP contribution in [0.25, 0.3) is 0 Å². The van der Waals surface area contributed by atoms with Crippen LogP contribution in [-0.4, -0.2) is 0 Å². The molecular weight excluding hydrogens is 175 g/mol. The average Bonchev–Trinajstić information content (AvgIpc) is 2.87. The van der Waals surface area contributed by atoms with Crippen LogP contribution >= 0.6 is 0 Å². The Morgan fingerprint density at radius 2 is 1.79 bits per heavy atom. The van der Waals surface area contributed by atoms with Gasteiger partial charge in [0.25, 0.3) is 0 Å². The molecule has 1 heteroatoms. The van der Waals surface area contributed by atoms with Gasteiger partial charge in [0.15, 0.2) is 0 Å². The summed E-state index contributed by atoms with van der Waals surface area (Å²) in [5.41, 5.74) is 2.05. The third-order valence-electron chi connectivity index (χ3n) is 2.77. The Kier molecular flexibility index (Phi) is 3.30. The summed E-state index contributed by atoms with van der Waals surface area (Å²) in [5, 5.41) is 0. The summed E-state index contributed by atoms with van der Waals surface area (Å²) in [6.07, 6.45) is 2.26. The smallest absolute Gasteiger partial charge is 0.127 e. The Morgan fingerprint density at radius 3 is 2.21 bits per heavy atom.